The monoisotopic (exact) mass is 496 g/mol. The third-order valence-corrected chi connectivity index (χ3v) is 6.18. The Balaban J connectivity index is 1.54. The van der Waals surface area contributed by atoms with Crippen molar-refractivity contribution < 1.29 is 33.3 Å². The molecule has 0 aliphatic carbocycles. The first-order chi connectivity index (χ1) is 17.9. The fraction of sp³-hybridized carbons (Fsp3) is 0.167. The fourth-order valence-corrected chi connectivity index (χ4v) is 4.46. The fourth-order valence-electron chi connectivity index (χ4n) is 4.46. The van der Waals surface area contributed by atoms with Gasteiger partial charge in [0.05, 0.1) is 24.7 Å². The number of para-hydroxylation sites is 1. The molecule has 2 aliphatic heterocycles. The summed E-state index contributed by atoms with van der Waals surface area (Å²) in [5.41, 5.74) is 3.75. The molecule has 0 aromatic heterocycles. The van der Waals surface area contributed by atoms with Crippen molar-refractivity contribution >= 4 is 23.8 Å². The number of ketones is 1. The van der Waals surface area contributed by atoms with E-state index < -0.39 is 11.9 Å². The smallest absolute Gasteiger partial charge is 0.337 e. The molecular weight excluding hydrogens is 472 g/mol. The second kappa shape index (κ2) is 9.78. The first-order valence-corrected chi connectivity index (χ1v) is 11.7. The Labute approximate surface area is 213 Å². The summed E-state index contributed by atoms with van der Waals surface area (Å²) in [5.74, 6) is -0.0525. The van der Waals surface area contributed by atoms with E-state index in [1.165, 1.54) is 7.11 Å². The molecule has 0 saturated heterocycles. The Morgan fingerprint density at radius 3 is 2.54 bits per heavy atom. The van der Waals surface area contributed by atoms with Crippen molar-refractivity contribution in [1.29, 1.82) is 0 Å². The van der Waals surface area contributed by atoms with Crippen molar-refractivity contribution in [3.63, 3.8) is 0 Å². The van der Waals surface area contributed by atoms with Crippen LogP contribution in [0.1, 0.15) is 56.7 Å². The summed E-state index contributed by atoms with van der Waals surface area (Å²) in [6, 6.07) is 17.4. The maximum absolute atomic E-state index is 13.3. The van der Waals surface area contributed by atoms with Gasteiger partial charge < -0.3 is 18.9 Å². The van der Waals surface area contributed by atoms with Gasteiger partial charge in [-0.15, -0.1) is 0 Å². The standard InChI is InChI=1S/C30H24O7/c1-17(2)16-35-23-7-5-4-6-20(23)22-15-26(31)36-24-13-12-21-28(32)25(37-29(21)27(22)24)14-18-8-10-19(11-9-18)30(33)34-3/h4-14,22H,1,15-16H2,2-3H3. The largest absolute Gasteiger partial charge is 0.489 e. The van der Waals surface area contributed by atoms with Crippen LogP contribution in [0.4, 0.5) is 0 Å². The van der Waals surface area contributed by atoms with Crippen LogP contribution in [-0.2, 0) is 9.53 Å². The quantitative estimate of drug-likeness (QED) is 0.193. The highest BCUT2D eigenvalue weighted by Gasteiger charge is 2.39. The van der Waals surface area contributed by atoms with Crippen LogP contribution in [0.5, 0.6) is 17.2 Å². The van der Waals surface area contributed by atoms with Crippen LogP contribution < -0.4 is 14.2 Å². The number of hydrogen-bond donors (Lipinski definition) is 0. The molecule has 186 valence electrons. The van der Waals surface area contributed by atoms with Gasteiger partial charge in [0.1, 0.15) is 23.9 Å². The second-order valence-electron chi connectivity index (χ2n) is 8.92. The molecule has 1 atom stereocenters. The van der Waals surface area contributed by atoms with Crippen LogP contribution >= 0.6 is 0 Å². The van der Waals surface area contributed by atoms with E-state index in [-0.39, 0.29) is 23.9 Å². The lowest BCUT2D eigenvalue weighted by Crippen LogP contribution is -2.22. The number of esters is 2. The molecule has 5 rings (SSSR count). The van der Waals surface area contributed by atoms with E-state index in [1.54, 1.807) is 42.5 Å². The number of carbonyl (C=O) groups excluding carboxylic acids is 3. The lowest BCUT2D eigenvalue weighted by molar-refractivity contribution is -0.135. The topological polar surface area (TPSA) is 88.1 Å². The number of allylic oxidation sites excluding steroid dienone is 1. The molecule has 0 fully saturated rings. The van der Waals surface area contributed by atoms with Gasteiger partial charge in [0.2, 0.25) is 5.78 Å². The Bertz CT molecular complexity index is 1460. The van der Waals surface area contributed by atoms with Gasteiger partial charge >= 0.3 is 11.9 Å². The number of benzene rings is 3. The minimum Gasteiger partial charge on any atom is -0.489 e. The van der Waals surface area contributed by atoms with E-state index in [0.29, 0.717) is 46.1 Å². The van der Waals surface area contributed by atoms with Crippen molar-refractivity contribution in [3.8, 4) is 17.2 Å². The maximum atomic E-state index is 13.3. The molecule has 0 N–H and O–H groups in total. The van der Waals surface area contributed by atoms with E-state index in [0.717, 1.165) is 11.1 Å². The van der Waals surface area contributed by atoms with Gasteiger partial charge in [-0.1, -0.05) is 36.9 Å². The molecule has 3 aromatic rings. The highest BCUT2D eigenvalue weighted by molar-refractivity contribution is 6.15. The minimum atomic E-state index is -0.445. The average molecular weight is 497 g/mol. The van der Waals surface area contributed by atoms with Crippen LogP contribution in [-0.4, -0.2) is 31.4 Å². The summed E-state index contributed by atoms with van der Waals surface area (Å²) in [6.07, 6.45) is 1.69. The number of ether oxygens (including phenoxy) is 4. The van der Waals surface area contributed by atoms with Crippen LogP contribution in [0.2, 0.25) is 0 Å². The summed E-state index contributed by atoms with van der Waals surface area (Å²) < 4.78 is 22.4. The van der Waals surface area contributed by atoms with E-state index in [4.69, 9.17) is 18.9 Å². The molecule has 0 bridgehead atoms. The van der Waals surface area contributed by atoms with Gasteiger partial charge in [0.15, 0.2) is 5.76 Å². The van der Waals surface area contributed by atoms with Gasteiger partial charge in [0, 0.05) is 17.0 Å². The number of fused-ring (bicyclic) bond motifs is 3. The predicted octanol–water partition coefficient (Wildman–Crippen LogP) is 5.49. The SMILES string of the molecule is C=C(C)COc1ccccc1C1CC(=O)Oc2ccc3c(c21)OC(=Cc1ccc(C(=O)OC)cc1)C3=O. The van der Waals surface area contributed by atoms with Crippen molar-refractivity contribution in [1.82, 2.24) is 0 Å². The van der Waals surface area contributed by atoms with Gasteiger partial charge in [-0.05, 0) is 54.5 Å². The first-order valence-electron chi connectivity index (χ1n) is 11.7. The molecule has 0 saturated carbocycles. The summed E-state index contributed by atoms with van der Waals surface area (Å²) >= 11 is 0. The van der Waals surface area contributed by atoms with Gasteiger partial charge in [-0.3, -0.25) is 9.59 Å². The van der Waals surface area contributed by atoms with E-state index in [2.05, 4.69) is 6.58 Å². The highest BCUT2D eigenvalue weighted by Crippen LogP contribution is 2.50. The molecule has 0 amide bonds. The molecule has 0 radical (unpaired) electrons. The Morgan fingerprint density at radius 2 is 1.81 bits per heavy atom. The van der Waals surface area contributed by atoms with E-state index >= 15 is 0 Å². The lowest BCUT2D eigenvalue weighted by atomic mass is 9.84. The first kappa shape index (κ1) is 24.1. The summed E-state index contributed by atoms with van der Waals surface area (Å²) in [7, 11) is 1.32. The summed E-state index contributed by atoms with van der Waals surface area (Å²) in [6.45, 7) is 6.10. The molecule has 3 aromatic carbocycles. The zero-order valence-corrected chi connectivity index (χ0v) is 20.4. The number of rotatable bonds is 6. The molecule has 2 aliphatic rings. The van der Waals surface area contributed by atoms with Crippen molar-refractivity contribution in [3.05, 3.63) is 106 Å². The molecule has 1 unspecified atom stereocenters. The van der Waals surface area contributed by atoms with Crippen LogP contribution in [0, 0.1) is 0 Å². The third-order valence-electron chi connectivity index (χ3n) is 6.18. The third kappa shape index (κ3) is 4.63. The van der Waals surface area contributed by atoms with Crippen LogP contribution in [0.25, 0.3) is 6.08 Å². The molecule has 2 heterocycles. The molecule has 7 heteroatoms. The zero-order chi connectivity index (χ0) is 26.1. The summed E-state index contributed by atoms with van der Waals surface area (Å²) in [4.78, 5) is 37.5. The molecule has 37 heavy (non-hydrogen) atoms. The normalized spacial score (nSPS) is 16.9. The number of methoxy groups -OCH3 is 1. The molecule has 7 nitrogen and oxygen atoms in total. The van der Waals surface area contributed by atoms with E-state index in [9.17, 15) is 14.4 Å². The van der Waals surface area contributed by atoms with Gasteiger partial charge in [-0.2, -0.15) is 0 Å². The van der Waals surface area contributed by atoms with Crippen molar-refractivity contribution in [2.24, 2.45) is 0 Å². The maximum Gasteiger partial charge on any atom is 0.337 e. The zero-order valence-electron chi connectivity index (χ0n) is 20.4. The number of carbonyl (C=O) groups is 3. The number of Topliss-reactive ketones (excluding diaryl/α,β-unsaturated/α-hetero) is 1. The Kier molecular flexibility index (Phi) is 6.36. The Hall–Kier alpha value is -4.65. The molecule has 0 spiro atoms. The van der Waals surface area contributed by atoms with Crippen LogP contribution in [0.3, 0.4) is 0 Å². The predicted molar refractivity (Wildman–Crippen MR) is 136 cm³/mol. The van der Waals surface area contributed by atoms with Gasteiger partial charge in [-0.25, -0.2) is 4.79 Å². The second-order valence-corrected chi connectivity index (χ2v) is 8.92. The summed E-state index contributed by atoms with van der Waals surface area (Å²) in [5, 5.41) is 0. The van der Waals surface area contributed by atoms with Gasteiger partial charge in [0.25, 0.3) is 0 Å². The van der Waals surface area contributed by atoms with Crippen molar-refractivity contribution in [2.75, 3.05) is 13.7 Å². The minimum absolute atomic E-state index is 0.0719. The lowest BCUT2D eigenvalue weighted by Gasteiger charge is -2.27. The average Bonchev–Trinajstić information content (AvgIpc) is 3.21. The van der Waals surface area contributed by atoms with Crippen LogP contribution in [0.15, 0.2) is 78.6 Å². The van der Waals surface area contributed by atoms with E-state index in [1.807, 2.05) is 31.2 Å². The highest BCUT2D eigenvalue weighted by atomic mass is 16.5. The molecular formula is C30H24O7. The number of hydrogen-bond acceptors (Lipinski definition) is 7. The Morgan fingerprint density at radius 1 is 1.05 bits per heavy atom. The van der Waals surface area contributed by atoms with Crippen molar-refractivity contribution in [2.45, 2.75) is 19.3 Å².